The van der Waals surface area contributed by atoms with Crippen LogP contribution in [0.25, 0.3) is 0 Å². The number of nitrogens with zero attached hydrogens (tertiary/aromatic N) is 4. The molecule has 2 heterocycles. The maximum absolute atomic E-state index is 12.2. The molecule has 0 bridgehead atoms. The molecule has 4 rings (SSSR count). The lowest BCUT2D eigenvalue weighted by atomic mass is 10.2. The highest BCUT2D eigenvalue weighted by atomic mass is 79.9. The Morgan fingerprint density at radius 1 is 1.33 bits per heavy atom. The van der Waals surface area contributed by atoms with E-state index in [1.807, 2.05) is 0 Å². The van der Waals surface area contributed by atoms with Crippen molar-refractivity contribution in [1.82, 2.24) is 20.2 Å². The number of hydrogen-bond acceptors (Lipinski definition) is 7. The molecule has 8 nitrogen and oxygen atoms in total. The first-order chi connectivity index (χ1) is 11.7. The number of rotatable bonds is 5. The van der Waals surface area contributed by atoms with Gasteiger partial charge in [-0.1, -0.05) is 11.8 Å². The fourth-order valence-electron chi connectivity index (χ4n) is 2.30. The van der Waals surface area contributed by atoms with Gasteiger partial charge in [0.05, 0.1) is 17.5 Å². The number of benzene rings is 1. The molecule has 0 spiro atoms. The molecule has 1 aliphatic carbocycles. The van der Waals surface area contributed by atoms with Crippen LogP contribution in [0.2, 0.25) is 0 Å². The molecule has 1 aliphatic heterocycles. The fraction of sp³-hybridized carbons (Fsp3) is 0.429. The van der Waals surface area contributed by atoms with Crippen molar-refractivity contribution in [1.29, 1.82) is 0 Å². The van der Waals surface area contributed by atoms with Crippen molar-refractivity contribution in [3.63, 3.8) is 0 Å². The molecule has 2 aliphatic rings. The lowest BCUT2D eigenvalue weighted by molar-refractivity contribution is -0.113. The van der Waals surface area contributed by atoms with Gasteiger partial charge in [-0.2, -0.15) is 0 Å². The number of carbonyl (C=O) groups is 1. The van der Waals surface area contributed by atoms with Crippen LogP contribution in [-0.4, -0.2) is 45.1 Å². The van der Waals surface area contributed by atoms with Crippen LogP contribution >= 0.6 is 27.7 Å². The van der Waals surface area contributed by atoms with Crippen molar-refractivity contribution in [3.8, 4) is 11.5 Å². The number of ether oxygens (including phenoxy) is 2. The lowest BCUT2D eigenvalue weighted by Gasteiger charge is -2.20. The minimum absolute atomic E-state index is 0.136. The molecule has 1 amide bonds. The van der Waals surface area contributed by atoms with Gasteiger partial charge in [-0.25, -0.2) is 4.68 Å². The zero-order valence-corrected chi connectivity index (χ0v) is 15.0. The van der Waals surface area contributed by atoms with E-state index in [1.165, 1.54) is 11.8 Å². The van der Waals surface area contributed by atoms with Crippen molar-refractivity contribution in [3.05, 3.63) is 16.6 Å². The Hall–Kier alpha value is -1.81. The van der Waals surface area contributed by atoms with E-state index in [9.17, 15) is 4.79 Å². The molecule has 1 N–H and O–H groups in total. The van der Waals surface area contributed by atoms with E-state index >= 15 is 0 Å². The second kappa shape index (κ2) is 6.60. The second-order valence-corrected chi connectivity index (χ2v) is 7.25. The van der Waals surface area contributed by atoms with Crippen molar-refractivity contribution in [2.75, 3.05) is 24.3 Å². The van der Waals surface area contributed by atoms with Gasteiger partial charge in [0.2, 0.25) is 11.1 Å². The summed E-state index contributed by atoms with van der Waals surface area (Å²) in [6.45, 7) is 1.03. The first-order valence-corrected chi connectivity index (χ1v) is 9.28. The van der Waals surface area contributed by atoms with Gasteiger partial charge in [0.1, 0.15) is 13.2 Å². The number of hydrogen-bond donors (Lipinski definition) is 1. The zero-order valence-electron chi connectivity index (χ0n) is 12.6. The summed E-state index contributed by atoms with van der Waals surface area (Å²) in [6.07, 6.45) is 2.18. The molecule has 1 aromatic carbocycles. The highest BCUT2D eigenvalue weighted by Gasteiger charge is 2.28. The van der Waals surface area contributed by atoms with E-state index in [-0.39, 0.29) is 11.7 Å². The van der Waals surface area contributed by atoms with Gasteiger partial charge < -0.3 is 14.8 Å². The number of halogens is 1. The molecule has 2 aromatic rings. The van der Waals surface area contributed by atoms with Gasteiger partial charge in [-0.15, -0.1) is 5.10 Å². The third-order valence-corrected chi connectivity index (χ3v) is 5.18. The zero-order chi connectivity index (χ0) is 16.5. The average molecular weight is 412 g/mol. The van der Waals surface area contributed by atoms with E-state index in [0.717, 1.165) is 17.3 Å². The van der Waals surface area contributed by atoms with Crippen molar-refractivity contribution >= 4 is 39.3 Å². The average Bonchev–Trinajstić information content (AvgIpc) is 3.32. The number of thioether (sulfide) groups is 1. The molecule has 0 unspecified atom stereocenters. The van der Waals surface area contributed by atoms with E-state index in [1.54, 1.807) is 16.8 Å². The maximum atomic E-state index is 12.2. The summed E-state index contributed by atoms with van der Waals surface area (Å²) in [6, 6.07) is 3.94. The van der Waals surface area contributed by atoms with Crippen LogP contribution in [0.3, 0.4) is 0 Å². The van der Waals surface area contributed by atoms with Crippen molar-refractivity contribution < 1.29 is 14.3 Å². The van der Waals surface area contributed by atoms with Crippen LogP contribution in [0.15, 0.2) is 21.8 Å². The Labute approximate surface area is 150 Å². The predicted octanol–water partition coefficient (Wildman–Crippen LogP) is 2.27. The summed E-state index contributed by atoms with van der Waals surface area (Å²) in [5, 5.41) is 15.2. The minimum Gasteiger partial charge on any atom is -0.486 e. The smallest absolute Gasteiger partial charge is 0.234 e. The van der Waals surface area contributed by atoms with Gasteiger partial charge in [0, 0.05) is 16.6 Å². The Morgan fingerprint density at radius 2 is 2.08 bits per heavy atom. The van der Waals surface area contributed by atoms with Gasteiger partial charge in [-0.3, -0.25) is 4.79 Å². The van der Waals surface area contributed by atoms with Gasteiger partial charge in [-0.05, 0) is 39.2 Å². The Bertz CT molecular complexity index is 780. The van der Waals surface area contributed by atoms with Crippen LogP contribution < -0.4 is 14.8 Å². The Morgan fingerprint density at radius 3 is 2.83 bits per heavy atom. The highest BCUT2D eigenvalue weighted by Crippen LogP contribution is 2.38. The number of tetrazole rings is 1. The largest absolute Gasteiger partial charge is 0.486 e. The molecule has 1 saturated carbocycles. The normalized spacial score (nSPS) is 16.0. The van der Waals surface area contributed by atoms with E-state index in [0.29, 0.717) is 41.6 Å². The summed E-state index contributed by atoms with van der Waals surface area (Å²) >= 11 is 4.77. The fourth-order valence-corrected chi connectivity index (χ4v) is 3.47. The van der Waals surface area contributed by atoms with E-state index < -0.39 is 0 Å². The van der Waals surface area contributed by atoms with E-state index in [2.05, 4.69) is 36.8 Å². The number of carbonyl (C=O) groups excluding carboxylic acids is 1. The highest BCUT2D eigenvalue weighted by molar-refractivity contribution is 9.10. The number of fused-ring (bicyclic) bond motifs is 1. The molecule has 1 aromatic heterocycles. The monoisotopic (exact) mass is 411 g/mol. The quantitative estimate of drug-likeness (QED) is 0.754. The van der Waals surface area contributed by atoms with Gasteiger partial charge in [0.25, 0.3) is 0 Å². The van der Waals surface area contributed by atoms with Gasteiger partial charge >= 0.3 is 0 Å². The molecule has 24 heavy (non-hydrogen) atoms. The number of anilines is 1. The van der Waals surface area contributed by atoms with Crippen LogP contribution in [-0.2, 0) is 4.79 Å². The Balaban J connectivity index is 1.40. The summed E-state index contributed by atoms with van der Waals surface area (Å²) in [7, 11) is 0. The van der Waals surface area contributed by atoms with Crippen molar-refractivity contribution in [2.45, 2.75) is 24.0 Å². The minimum atomic E-state index is -0.136. The van der Waals surface area contributed by atoms with Crippen LogP contribution in [0.4, 0.5) is 5.69 Å². The van der Waals surface area contributed by atoms with E-state index in [4.69, 9.17) is 9.47 Å². The van der Waals surface area contributed by atoms with Crippen LogP contribution in [0.1, 0.15) is 18.9 Å². The van der Waals surface area contributed by atoms with Crippen LogP contribution in [0.5, 0.6) is 11.5 Å². The summed E-state index contributed by atoms with van der Waals surface area (Å²) < 4.78 is 13.6. The predicted molar refractivity (Wildman–Crippen MR) is 90.6 cm³/mol. The SMILES string of the molecule is O=C(CSc1nnnn1C1CC1)Nc1cc2c(cc1Br)OCCO2. The number of aromatic nitrogens is 4. The number of amides is 1. The van der Waals surface area contributed by atoms with Gasteiger partial charge in [0.15, 0.2) is 11.5 Å². The summed E-state index contributed by atoms with van der Waals surface area (Å²) in [5.41, 5.74) is 0.645. The third-order valence-electron chi connectivity index (χ3n) is 3.59. The molecular weight excluding hydrogens is 398 g/mol. The number of nitrogens with one attached hydrogen (secondary N) is 1. The topological polar surface area (TPSA) is 91.2 Å². The molecule has 0 radical (unpaired) electrons. The maximum Gasteiger partial charge on any atom is 0.234 e. The molecular formula is C14H14BrN5O3S. The summed E-state index contributed by atoms with van der Waals surface area (Å²) in [4.78, 5) is 12.2. The molecule has 126 valence electrons. The molecule has 0 saturated heterocycles. The lowest BCUT2D eigenvalue weighted by Crippen LogP contribution is -2.18. The van der Waals surface area contributed by atoms with Crippen molar-refractivity contribution in [2.24, 2.45) is 0 Å². The molecule has 10 heteroatoms. The third kappa shape index (κ3) is 3.34. The standard InChI is InChI=1S/C14H14BrN5O3S/c15-9-5-11-12(23-4-3-22-11)6-10(9)16-13(21)7-24-14-17-18-19-20(14)8-1-2-8/h5-6,8H,1-4,7H2,(H,16,21). The first-order valence-electron chi connectivity index (χ1n) is 7.50. The van der Waals surface area contributed by atoms with Crippen LogP contribution in [0, 0.1) is 0 Å². The second-order valence-electron chi connectivity index (χ2n) is 5.45. The summed E-state index contributed by atoms with van der Waals surface area (Å²) in [5.74, 6) is 1.39. The Kier molecular flexibility index (Phi) is 4.31. The first kappa shape index (κ1) is 15.7. The molecule has 1 fully saturated rings. The molecule has 0 atom stereocenters.